The predicted molar refractivity (Wildman–Crippen MR) is 90.8 cm³/mol. The van der Waals surface area contributed by atoms with Crippen LogP contribution in [0.2, 0.25) is 0 Å². The van der Waals surface area contributed by atoms with E-state index in [-0.39, 0.29) is 30.3 Å². The van der Waals surface area contributed by atoms with Gasteiger partial charge < -0.3 is 15.0 Å². The Hall–Kier alpha value is -2.40. The molecule has 1 aliphatic rings. The van der Waals surface area contributed by atoms with Gasteiger partial charge in [-0.2, -0.15) is 0 Å². The number of carbonyl (C=O) groups excluding carboxylic acids is 1. The maximum Gasteiger partial charge on any atom is 0.253 e. The summed E-state index contributed by atoms with van der Waals surface area (Å²) < 4.78 is 15.4. The number of nitrogens with zero attached hydrogens (tertiary/aromatic N) is 1. The molecule has 0 spiro atoms. The topological polar surface area (TPSA) is 54.3 Å². The summed E-state index contributed by atoms with van der Waals surface area (Å²) in [6.07, 6.45) is 4.57. The summed E-state index contributed by atoms with van der Waals surface area (Å²) in [6, 6.07) is 8.07. The van der Waals surface area contributed by atoms with Crippen molar-refractivity contribution in [2.24, 2.45) is 5.92 Å². The number of halogens is 1. The first-order chi connectivity index (χ1) is 11.5. The first-order valence-corrected chi connectivity index (χ1v) is 8.04. The van der Waals surface area contributed by atoms with Crippen LogP contribution >= 0.6 is 0 Å². The van der Waals surface area contributed by atoms with E-state index >= 15 is 0 Å². The summed E-state index contributed by atoms with van der Waals surface area (Å²) in [4.78, 5) is 12.6. The number of aromatic nitrogens is 1. The second kappa shape index (κ2) is 6.61. The van der Waals surface area contributed by atoms with Gasteiger partial charge in [0.1, 0.15) is 5.82 Å². The summed E-state index contributed by atoms with van der Waals surface area (Å²) in [5.74, 6) is -0.355. The van der Waals surface area contributed by atoms with Gasteiger partial charge in [0.15, 0.2) is 0 Å². The molecular weight excluding hydrogens is 307 g/mol. The molecule has 0 aliphatic heterocycles. The van der Waals surface area contributed by atoms with Crippen molar-refractivity contribution < 1.29 is 14.3 Å². The van der Waals surface area contributed by atoms with E-state index in [9.17, 15) is 9.18 Å². The van der Waals surface area contributed by atoms with E-state index in [4.69, 9.17) is 5.11 Å². The third-order valence-electron chi connectivity index (χ3n) is 4.47. The smallest absolute Gasteiger partial charge is 0.253 e. The van der Waals surface area contributed by atoms with Crippen LogP contribution in [0.1, 0.15) is 28.2 Å². The minimum absolute atomic E-state index is 0.0631. The number of aryl methyl sites for hydroxylation is 1. The SMILES string of the molecule is Cc1cc(C(=O)N[C@@H]2C=C[C@H](CO)C2)c(C)n1-c1cccc(F)c1. The average Bonchev–Trinajstić information content (AvgIpc) is 3.11. The van der Waals surface area contributed by atoms with Gasteiger partial charge in [0.05, 0.1) is 5.56 Å². The Morgan fingerprint density at radius 2 is 2.12 bits per heavy atom. The van der Waals surface area contributed by atoms with Crippen LogP contribution in [-0.2, 0) is 0 Å². The minimum Gasteiger partial charge on any atom is -0.396 e. The van der Waals surface area contributed by atoms with Crippen molar-refractivity contribution in [3.05, 3.63) is 65.3 Å². The third kappa shape index (κ3) is 3.12. The van der Waals surface area contributed by atoms with Crippen molar-refractivity contribution in [2.45, 2.75) is 26.3 Å². The van der Waals surface area contributed by atoms with Gasteiger partial charge in [-0.15, -0.1) is 0 Å². The van der Waals surface area contributed by atoms with Crippen molar-refractivity contribution in [1.29, 1.82) is 0 Å². The van der Waals surface area contributed by atoms with E-state index in [0.29, 0.717) is 17.7 Å². The Kier molecular flexibility index (Phi) is 4.53. The van der Waals surface area contributed by atoms with E-state index in [1.807, 2.05) is 42.7 Å². The fourth-order valence-corrected chi connectivity index (χ4v) is 3.27. The van der Waals surface area contributed by atoms with Crippen molar-refractivity contribution in [1.82, 2.24) is 9.88 Å². The highest BCUT2D eigenvalue weighted by atomic mass is 19.1. The van der Waals surface area contributed by atoms with Crippen LogP contribution in [0, 0.1) is 25.6 Å². The van der Waals surface area contributed by atoms with Crippen LogP contribution in [0.3, 0.4) is 0 Å². The van der Waals surface area contributed by atoms with E-state index in [1.54, 1.807) is 6.07 Å². The fraction of sp³-hybridized carbons (Fsp3) is 0.316. The van der Waals surface area contributed by atoms with Gasteiger partial charge in [-0.25, -0.2) is 4.39 Å². The first kappa shape index (κ1) is 16.5. The van der Waals surface area contributed by atoms with Gasteiger partial charge in [-0.05, 0) is 44.5 Å². The molecule has 1 heterocycles. The number of hydrogen-bond donors (Lipinski definition) is 2. The number of benzene rings is 1. The number of aliphatic hydroxyl groups excluding tert-OH is 1. The van der Waals surface area contributed by atoms with Gasteiger partial charge >= 0.3 is 0 Å². The van der Waals surface area contributed by atoms with Crippen molar-refractivity contribution >= 4 is 5.91 Å². The second-order valence-corrected chi connectivity index (χ2v) is 6.24. The Bertz CT molecular complexity index is 795. The van der Waals surface area contributed by atoms with Crippen molar-refractivity contribution in [2.75, 3.05) is 6.61 Å². The first-order valence-electron chi connectivity index (χ1n) is 8.04. The zero-order valence-corrected chi connectivity index (χ0v) is 13.8. The maximum absolute atomic E-state index is 13.5. The predicted octanol–water partition coefficient (Wildman–Crippen LogP) is 2.90. The molecule has 0 saturated heterocycles. The minimum atomic E-state index is -0.308. The molecule has 24 heavy (non-hydrogen) atoms. The molecule has 0 saturated carbocycles. The number of rotatable bonds is 4. The summed E-state index contributed by atoms with van der Waals surface area (Å²) >= 11 is 0. The highest BCUT2D eigenvalue weighted by Crippen LogP contribution is 2.23. The standard InChI is InChI=1S/C19H21FN2O2/c1-12-8-18(19(24)21-16-7-6-14(9-16)11-23)13(2)22(12)17-5-3-4-15(20)10-17/h3-8,10,14,16,23H,9,11H2,1-2H3,(H,21,24)/t14-,16+/m0/s1. The third-order valence-corrected chi connectivity index (χ3v) is 4.47. The van der Waals surface area contributed by atoms with Crippen LogP contribution in [0.25, 0.3) is 5.69 Å². The van der Waals surface area contributed by atoms with Gasteiger partial charge in [-0.1, -0.05) is 18.2 Å². The Labute approximate surface area is 140 Å². The fourth-order valence-electron chi connectivity index (χ4n) is 3.27. The Balaban J connectivity index is 1.84. The van der Waals surface area contributed by atoms with Gasteiger partial charge in [-0.3, -0.25) is 4.79 Å². The Morgan fingerprint density at radius 3 is 2.79 bits per heavy atom. The summed E-state index contributed by atoms with van der Waals surface area (Å²) in [5.41, 5.74) is 2.93. The van der Waals surface area contributed by atoms with Crippen molar-refractivity contribution in [3.8, 4) is 5.69 Å². The molecule has 1 aromatic heterocycles. The average molecular weight is 328 g/mol. The molecule has 1 amide bonds. The molecule has 126 valence electrons. The zero-order chi connectivity index (χ0) is 17.3. The lowest BCUT2D eigenvalue weighted by atomic mass is 10.1. The number of hydrogen-bond acceptors (Lipinski definition) is 2. The number of aliphatic hydroxyl groups is 1. The van der Waals surface area contributed by atoms with Crippen LogP contribution in [0.15, 0.2) is 42.5 Å². The molecule has 3 rings (SSSR count). The highest BCUT2D eigenvalue weighted by Gasteiger charge is 2.23. The monoisotopic (exact) mass is 328 g/mol. The molecule has 4 nitrogen and oxygen atoms in total. The molecule has 1 aromatic carbocycles. The molecule has 5 heteroatoms. The molecule has 0 radical (unpaired) electrons. The molecule has 2 N–H and O–H groups in total. The van der Waals surface area contributed by atoms with E-state index in [0.717, 1.165) is 11.4 Å². The quantitative estimate of drug-likeness (QED) is 0.848. The van der Waals surface area contributed by atoms with Gasteiger partial charge in [0.2, 0.25) is 0 Å². The lowest BCUT2D eigenvalue weighted by Crippen LogP contribution is -2.33. The molecule has 2 atom stereocenters. The van der Waals surface area contributed by atoms with E-state index in [2.05, 4.69) is 5.32 Å². The number of amides is 1. The van der Waals surface area contributed by atoms with Crippen LogP contribution in [0.4, 0.5) is 4.39 Å². The van der Waals surface area contributed by atoms with Crippen LogP contribution in [0.5, 0.6) is 0 Å². The summed E-state index contributed by atoms with van der Waals surface area (Å²) in [6.45, 7) is 3.84. The van der Waals surface area contributed by atoms with Gasteiger partial charge in [0.25, 0.3) is 5.91 Å². The molecule has 1 aliphatic carbocycles. The largest absolute Gasteiger partial charge is 0.396 e. The van der Waals surface area contributed by atoms with Crippen LogP contribution in [-0.4, -0.2) is 28.2 Å². The molecule has 0 fully saturated rings. The lowest BCUT2D eigenvalue weighted by molar-refractivity contribution is 0.0940. The number of carbonyl (C=O) groups is 1. The van der Waals surface area contributed by atoms with E-state index in [1.165, 1.54) is 12.1 Å². The molecule has 0 bridgehead atoms. The van der Waals surface area contributed by atoms with Gasteiger partial charge in [0, 0.05) is 35.6 Å². The highest BCUT2D eigenvalue weighted by molar-refractivity contribution is 5.96. The summed E-state index contributed by atoms with van der Waals surface area (Å²) in [7, 11) is 0. The van der Waals surface area contributed by atoms with Crippen molar-refractivity contribution in [3.63, 3.8) is 0 Å². The van der Waals surface area contributed by atoms with Crippen LogP contribution < -0.4 is 5.32 Å². The molecule has 2 aromatic rings. The summed E-state index contributed by atoms with van der Waals surface area (Å²) in [5, 5.41) is 12.1. The Morgan fingerprint density at radius 1 is 1.33 bits per heavy atom. The lowest BCUT2D eigenvalue weighted by Gasteiger charge is -2.13. The van der Waals surface area contributed by atoms with E-state index < -0.39 is 0 Å². The molecular formula is C19H21FN2O2. The normalized spacial score (nSPS) is 19.7. The second-order valence-electron chi connectivity index (χ2n) is 6.24. The zero-order valence-electron chi connectivity index (χ0n) is 13.8. The number of nitrogens with one attached hydrogen (secondary N) is 1. The molecule has 0 unspecified atom stereocenters. The maximum atomic E-state index is 13.5.